The Morgan fingerprint density at radius 2 is 1.97 bits per heavy atom. The molecule has 2 N–H and O–H groups in total. The summed E-state index contributed by atoms with van der Waals surface area (Å²) in [5.74, 6) is 0.950. The van der Waals surface area contributed by atoms with Crippen LogP contribution in [-0.2, 0) is 11.3 Å². The quantitative estimate of drug-likeness (QED) is 0.301. The summed E-state index contributed by atoms with van der Waals surface area (Å²) in [7, 11) is 3.39. The van der Waals surface area contributed by atoms with Gasteiger partial charge in [-0.3, -0.25) is 4.79 Å². The lowest BCUT2D eigenvalue weighted by atomic mass is 10.1. The van der Waals surface area contributed by atoms with Crippen LogP contribution in [0.3, 0.4) is 0 Å². The van der Waals surface area contributed by atoms with Gasteiger partial charge in [0, 0.05) is 20.6 Å². The summed E-state index contributed by atoms with van der Waals surface area (Å²) in [5, 5.41) is 6.52. The van der Waals surface area contributed by atoms with Crippen molar-refractivity contribution in [3.8, 4) is 5.75 Å². The summed E-state index contributed by atoms with van der Waals surface area (Å²) in [6.45, 7) is 6.84. The average Bonchev–Trinajstić information content (AvgIpc) is 2.72. The first-order chi connectivity index (χ1) is 14.3. The second-order valence-corrected chi connectivity index (χ2v) is 7.29. The standard InChI is InChI=1S/C23H31FN4O2.HI/c1-6-25-23(27-17(3)19-11-10-16(2)21(24)13-19)26-14-18-8-7-9-20(12-18)30-15-22(29)28(4)5;/h7-13,17H,6,14-15H2,1-5H3,(H2,25,26,27);1H. The van der Waals surface area contributed by atoms with Crippen LogP contribution in [0.1, 0.15) is 36.6 Å². The Morgan fingerprint density at radius 1 is 1.23 bits per heavy atom. The van der Waals surface area contributed by atoms with Crippen molar-refractivity contribution in [3.63, 3.8) is 0 Å². The minimum atomic E-state index is -0.215. The van der Waals surface area contributed by atoms with E-state index >= 15 is 0 Å². The van der Waals surface area contributed by atoms with Crippen LogP contribution in [0.2, 0.25) is 0 Å². The molecule has 0 aliphatic carbocycles. The molecule has 0 saturated carbocycles. The second-order valence-electron chi connectivity index (χ2n) is 7.29. The first-order valence-electron chi connectivity index (χ1n) is 10.0. The number of guanidine groups is 1. The van der Waals surface area contributed by atoms with Gasteiger partial charge >= 0.3 is 0 Å². The van der Waals surface area contributed by atoms with Gasteiger partial charge in [-0.05, 0) is 55.7 Å². The lowest BCUT2D eigenvalue weighted by molar-refractivity contribution is -0.130. The summed E-state index contributed by atoms with van der Waals surface area (Å²) < 4.78 is 19.4. The second kappa shape index (κ2) is 13.1. The monoisotopic (exact) mass is 542 g/mol. The number of nitrogens with zero attached hydrogens (tertiary/aromatic N) is 2. The van der Waals surface area contributed by atoms with E-state index in [2.05, 4.69) is 15.6 Å². The summed E-state index contributed by atoms with van der Waals surface area (Å²) in [6, 6.07) is 12.6. The van der Waals surface area contributed by atoms with E-state index in [9.17, 15) is 9.18 Å². The highest BCUT2D eigenvalue weighted by molar-refractivity contribution is 14.0. The highest BCUT2D eigenvalue weighted by Gasteiger charge is 2.10. The van der Waals surface area contributed by atoms with Gasteiger partial charge in [-0.1, -0.05) is 24.3 Å². The van der Waals surface area contributed by atoms with Gasteiger partial charge in [0.2, 0.25) is 0 Å². The molecule has 0 fully saturated rings. The number of carbonyl (C=O) groups excluding carboxylic acids is 1. The minimum absolute atomic E-state index is 0. The van der Waals surface area contributed by atoms with Crippen molar-refractivity contribution >= 4 is 35.8 Å². The smallest absolute Gasteiger partial charge is 0.259 e. The fourth-order valence-corrected chi connectivity index (χ4v) is 2.67. The fourth-order valence-electron chi connectivity index (χ4n) is 2.67. The number of nitrogens with one attached hydrogen (secondary N) is 2. The molecule has 2 aromatic rings. The molecule has 0 saturated heterocycles. The molecule has 1 amide bonds. The molecule has 0 bridgehead atoms. The lowest BCUT2D eigenvalue weighted by Crippen LogP contribution is -2.38. The van der Waals surface area contributed by atoms with Gasteiger partial charge in [-0.15, -0.1) is 24.0 Å². The van der Waals surface area contributed by atoms with Gasteiger partial charge in [0.1, 0.15) is 11.6 Å². The van der Waals surface area contributed by atoms with Crippen molar-refractivity contribution in [2.45, 2.75) is 33.4 Å². The zero-order valence-corrected chi connectivity index (χ0v) is 21.1. The third-order valence-corrected chi connectivity index (χ3v) is 4.57. The van der Waals surface area contributed by atoms with E-state index < -0.39 is 0 Å². The van der Waals surface area contributed by atoms with Crippen LogP contribution >= 0.6 is 24.0 Å². The number of hydrogen-bond acceptors (Lipinski definition) is 3. The number of halogens is 2. The Morgan fingerprint density at radius 3 is 2.61 bits per heavy atom. The van der Waals surface area contributed by atoms with E-state index in [1.165, 1.54) is 4.90 Å². The van der Waals surface area contributed by atoms with E-state index in [4.69, 9.17) is 4.74 Å². The van der Waals surface area contributed by atoms with Crippen molar-refractivity contribution in [1.82, 2.24) is 15.5 Å². The predicted octanol–water partition coefficient (Wildman–Crippen LogP) is 4.04. The number of ether oxygens (including phenoxy) is 1. The maximum absolute atomic E-state index is 13.9. The van der Waals surface area contributed by atoms with Crippen LogP contribution in [0, 0.1) is 12.7 Å². The van der Waals surface area contributed by atoms with E-state index in [0.29, 0.717) is 30.4 Å². The van der Waals surface area contributed by atoms with Gasteiger partial charge in [0.05, 0.1) is 12.6 Å². The Kier molecular flexibility index (Phi) is 11.3. The third-order valence-electron chi connectivity index (χ3n) is 4.57. The number of rotatable bonds is 8. The molecule has 6 nitrogen and oxygen atoms in total. The largest absolute Gasteiger partial charge is 0.484 e. The maximum atomic E-state index is 13.9. The Bertz CT molecular complexity index is 890. The van der Waals surface area contributed by atoms with Crippen molar-refractivity contribution in [3.05, 3.63) is 65.0 Å². The molecular formula is C23H32FIN4O2. The Balaban J connectivity index is 0.00000480. The zero-order chi connectivity index (χ0) is 22.1. The van der Waals surface area contributed by atoms with Crippen LogP contribution in [-0.4, -0.2) is 44.0 Å². The van der Waals surface area contributed by atoms with E-state index in [0.717, 1.165) is 11.1 Å². The Labute approximate surface area is 201 Å². The molecule has 0 aliphatic heterocycles. The molecular weight excluding hydrogens is 510 g/mol. The molecule has 31 heavy (non-hydrogen) atoms. The van der Waals surface area contributed by atoms with Gasteiger partial charge in [0.15, 0.2) is 12.6 Å². The van der Waals surface area contributed by atoms with Crippen molar-refractivity contribution in [2.75, 3.05) is 27.2 Å². The van der Waals surface area contributed by atoms with Gasteiger partial charge < -0.3 is 20.3 Å². The van der Waals surface area contributed by atoms with Gasteiger partial charge in [-0.25, -0.2) is 9.38 Å². The van der Waals surface area contributed by atoms with Crippen molar-refractivity contribution in [1.29, 1.82) is 0 Å². The van der Waals surface area contributed by atoms with E-state index in [1.807, 2.05) is 44.2 Å². The molecule has 0 heterocycles. The van der Waals surface area contributed by atoms with Crippen LogP contribution in [0.5, 0.6) is 5.75 Å². The predicted molar refractivity (Wildman–Crippen MR) is 134 cm³/mol. The number of carbonyl (C=O) groups is 1. The summed E-state index contributed by atoms with van der Waals surface area (Å²) in [5.41, 5.74) is 2.43. The number of aryl methyl sites for hydroxylation is 1. The number of likely N-dealkylation sites (N-methyl/N-ethyl adjacent to an activating group) is 1. The molecule has 0 radical (unpaired) electrons. The molecule has 2 aromatic carbocycles. The normalized spacial score (nSPS) is 11.9. The number of amides is 1. The molecule has 0 aliphatic rings. The lowest BCUT2D eigenvalue weighted by Gasteiger charge is -2.18. The third kappa shape index (κ3) is 8.72. The van der Waals surface area contributed by atoms with Gasteiger partial charge in [-0.2, -0.15) is 0 Å². The summed E-state index contributed by atoms with van der Waals surface area (Å²) in [6.07, 6.45) is 0. The molecule has 1 unspecified atom stereocenters. The van der Waals surface area contributed by atoms with Crippen LogP contribution in [0.25, 0.3) is 0 Å². The number of benzene rings is 2. The maximum Gasteiger partial charge on any atom is 0.259 e. The van der Waals surface area contributed by atoms with Gasteiger partial charge in [0.25, 0.3) is 5.91 Å². The number of aliphatic imine (C=N–C) groups is 1. The molecule has 0 aromatic heterocycles. The van der Waals surface area contributed by atoms with Crippen molar-refractivity contribution < 1.29 is 13.9 Å². The average molecular weight is 542 g/mol. The topological polar surface area (TPSA) is 66.0 Å². The first-order valence-corrected chi connectivity index (χ1v) is 10.0. The van der Waals surface area contributed by atoms with Crippen molar-refractivity contribution in [2.24, 2.45) is 4.99 Å². The van der Waals surface area contributed by atoms with Crippen LogP contribution in [0.15, 0.2) is 47.5 Å². The Hall–Kier alpha value is -2.36. The van der Waals surface area contributed by atoms with E-state index in [1.54, 1.807) is 33.2 Å². The number of hydrogen-bond donors (Lipinski definition) is 2. The molecule has 0 spiro atoms. The first kappa shape index (κ1) is 26.7. The summed E-state index contributed by atoms with van der Waals surface area (Å²) in [4.78, 5) is 17.8. The van der Waals surface area contributed by atoms with E-state index in [-0.39, 0.29) is 48.3 Å². The van der Waals surface area contributed by atoms with Crippen LogP contribution in [0.4, 0.5) is 4.39 Å². The minimum Gasteiger partial charge on any atom is -0.484 e. The zero-order valence-electron chi connectivity index (χ0n) is 18.7. The SMILES string of the molecule is CCNC(=NCc1cccc(OCC(=O)N(C)C)c1)NC(C)c1ccc(C)c(F)c1.I. The highest BCUT2D eigenvalue weighted by atomic mass is 127. The molecule has 170 valence electrons. The molecule has 2 rings (SSSR count). The van der Waals surface area contributed by atoms with Crippen LogP contribution < -0.4 is 15.4 Å². The fraction of sp³-hybridized carbons (Fsp3) is 0.391. The summed E-state index contributed by atoms with van der Waals surface area (Å²) >= 11 is 0. The molecule has 1 atom stereocenters. The molecule has 8 heteroatoms. The highest BCUT2D eigenvalue weighted by Crippen LogP contribution is 2.17.